The second kappa shape index (κ2) is 7.09. The zero-order chi connectivity index (χ0) is 16.4. The van der Waals surface area contributed by atoms with Crippen molar-refractivity contribution in [2.24, 2.45) is 0 Å². The number of nitrogens with zero attached hydrogens (tertiary/aromatic N) is 2. The monoisotopic (exact) mass is 334 g/mol. The van der Waals surface area contributed by atoms with Crippen molar-refractivity contribution < 1.29 is 4.57 Å². The third-order valence-corrected chi connectivity index (χ3v) is 8.83. The third kappa shape index (κ3) is 3.90. The van der Waals surface area contributed by atoms with Crippen LogP contribution >= 0.6 is 7.14 Å². The van der Waals surface area contributed by atoms with Crippen molar-refractivity contribution in [3.63, 3.8) is 0 Å². The Balaban J connectivity index is 1.56. The highest BCUT2D eigenvalue weighted by atomic mass is 31.2. The van der Waals surface area contributed by atoms with Gasteiger partial charge in [0.1, 0.15) is 7.14 Å². The van der Waals surface area contributed by atoms with E-state index in [2.05, 4.69) is 54.8 Å². The molecule has 3 nitrogen and oxygen atoms in total. The zero-order valence-corrected chi connectivity index (χ0v) is 15.8. The molecule has 0 saturated carbocycles. The number of piperidine rings is 1. The molecule has 0 bridgehead atoms. The van der Waals surface area contributed by atoms with Gasteiger partial charge < -0.3 is 9.46 Å². The molecule has 2 aliphatic rings. The molecule has 0 atom stereocenters. The number of aryl methyl sites for hydroxylation is 1. The first-order valence-electron chi connectivity index (χ1n) is 9.11. The van der Waals surface area contributed by atoms with Crippen LogP contribution in [-0.2, 0) is 4.57 Å². The Morgan fingerprint density at radius 1 is 1.00 bits per heavy atom. The van der Waals surface area contributed by atoms with Crippen LogP contribution in [0.25, 0.3) is 0 Å². The molecular formula is C19H31N2OP. The Morgan fingerprint density at radius 3 is 2.09 bits per heavy atom. The second-order valence-corrected chi connectivity index (χ2v) is 10.8. The molecule has 1 aromatic rings. The fourth-order valence-corrected chi connectivity index (χ4v) is 6.60. The van der Waals surface area contributed by atoms with Gasteiger partial charge in [0.2, 0.25) is 0 Å². The lowest BCUT2D eigenvalue weighted by atomic mass is 10.0. The average Bonchev–Trinajstić information content (AvgIpc) is 2.56. The highest BCUT2D eigenvalue weighted by Crippen LogP contribution is 2.46. The number of rotatable bonds is 3. The Morgan fingerprint density at radius 2 is 1.57 bits per heavy atom. The smallest absolute Gasteiger partial charge is 0.118 e. The molecule has 128 valence electrons. The summed E-state index contributed by atoms with van der Waals surface area (Å²) in [6, 6.07) is 9.75. The van der Waals surface area contributed by atoms with Crippen molar-refractivity contribution in [3.8, 4) is 0 Å². The quantitative estimate of drug-likeness (QED) is 0.793. The van der Waals surface area contributed by atoms with Crippen LogP contribution in [0.2, 0.25) is 0 Å². The molecule has 1 aromatic carbocycles. The summed E-state index contributed by atoms with van der Waals surface area (Å²) in [4.78, 5) is 5.19. The van der Waals surface area contributed by atoms with E-state index < -0.39 is 7.14 Å². The molecule has 0 amide bonds. The molecule has 2 fully saturated rings. The van der Waals surface area contributed by atoms with Crippen molar-refractivity contribution in [3.05, 3.63) is 29.8 Å². The lowest BCUT2D eigenvalue weighted by molar-refractivity contribution is 0.0974. The summed E-state index contributed by atoms with van der Waals surface area (Å²) in [5, 5.41) is 1.09. The molecule has 0 N–H and O–H groups in total. The Hall–Kier alpha value is -0.630. The minimum Gasteiger partial charge on any atom is -0.319 e. The molecule has 23 heavy (non-hydrogen) atoms. The van der Waals surface area contributed by atoms with Gasteiger partial charge in [0, 0.05) is 42.8 Å². The predicted molar refractivity (Wildman–Crippen MR) is 99.5 cm³/mol. The maximum absolute atomic E-state index is 13.3. The number of benzene rings is 1. The third-order valence-electron chi connectivity index (χ3n) is 5.75. The summed E-state index contributed by atoms with van der Waals surface area (Å²) in [7, 11) is -2.15. The topological polar surface area (TPSA) is 23.6 Å². The van der Waals surface area contributed by atoms with E-state index in [1.165, 1.54) is 31.5 Å². The first-order chi connectivity index (χ1) is 11.0. The van der Waals surface area contributed by atoms with Crippen LogP contribution in [0, 0.1) is 6.92 Å². The Labute approximate surface area is 141 Å². The van der Waals surface area contributed by atoms with E-state index in [9.17, 15) is 4.57 Å². The molecule has 0 aliphatic carbocycles. The first kappa shape index (κ1) is 17.2. The van der Waals surface area contributed by atoms with Gasteiger partial charge in [-0.3, -0.25) is 4.90 Å². The van der Waals surface area contributed by atoms with Gasteiger partial charge in [-0.25, -0.2) is 0 Å². The van der Waals surface area contributed by atoms with Crippen LogP contribution in [0.15, 0.2) is 24.3 Å². The van der Waals surface area contributed by atoms with E-state index in [1.807, 2.05) is 0 Å². The molecule has 2 heterocycles. The van der Waals surface area contributed by atoms with Crippen molar-refractivity contribution in [1.82, 2.24) is 9.80 Å². The van der Waals surface area contributed by atoms with Crippen molar-refractivity contribution in [2.45, 2.75) is 45.7 Å². The lowest BCUT2D eigenvalue weighted by Gasteiger charge is -2.42. The SMILES string of the molecule is Cc1ccc(P2(=O)CCN(C3CCN(C(C)C)CC3)CC2)cc1. The van der Waals surface area contributed by atoms with E-state index in [-0.39, 0.29) is 0 Å². The normalized spacial score (nSPS) is 24.2. The van der Waals surface area contributed by atoms with Gasteiger partial charge >= 0.3 is 0 Å². The van der Waals surface area contributed by atoms with Crippen molar-refractivity contribution in [1.29, 1.82) is 0 Å². The van der Waals surface area contributed by atoms with E-state index in [0.717, 1.165) is 30.7 Å². The number of hydrogen-bond donors (Lipinski definition) is 0. The Kier molecular flexibility index (Phi) is 5.30. The van der Waals surface area contributed by atoms with E-state index >= 15 is 0 Å². The number of hydrogen-bond acceptors (Lipinski definition) is 3. The van der Waals surface area contributed by atoms with E-state index in [0.29, 0.717) is 12.1 Å². The largest absolute Gasteiger partial charge is 0.319 e. The van der Waals surface area contributed by atoms with E-state index in [4.69, 9.17) is 0 Å². The highest BCUT2D eigenvalue weighted by molar-refractivity contribution is 7.71. The minimum atomic E-state index is -2.15. The molecule has 0 spiro atoms. The van der Waals surface area contributed by atoms with Gasteiger partial charge in [-0.05, 0) is 46.7 Å². The summed E-state index contributed by atoms with van der Waals surface area (Å²) in [6.07, 6.45) is 4.26. The van der Waals surface area contributed by atoms with Crippen LogP contribution in [0.4, 0.5) is 0 Å². The van der Waals surface area contributed by atoms with E-state index in [1.54, 1.807) is 0 Å². The summed E-state index contributed by atoms with van der Waals surface area (Å²) >= 11 is 0. The highest BCUT2D eigenvalue weighted by Gasteiger charge is 2.34. The van der Waals surface area contributed by atoms with Gasteiger partial charge in [0.15, 0.2) is 0 Å². The summed E-state index contributed by atoms with van der Waals surface area (Å²) in [5.41, 5.74) is 1.25. The molecule has 2 saturated heterocycles. The van der Waals surface area contributed by atoms with Crippen molar-refractivity contribution >= 4 is 12.4 Å². The standard InChI is InChI=1S/C19H31N2OP/c1-16(2)20-10-8-18(9-11-20)21-12-14-23(22,15-13-21)19-6-4-17(3)5-7-19/h4-7,16,18H,8-15H2,1-3H3. The number of likely N-dealkylation sites (tertiary alicyclic amines) is 1. The van der Waals surface area contributed by atoms with Gasteiger partial charge in [0.25, 0.3) is 0 Å². The van der Waals surface area contributed by atoms with Crippen molar-refractivity contribution in [2.75, 3.05) is 38.5 Å². The molecule has 4 heteroatoms. The van der Waals surface area contributed by atoms with Gasteiger partial charge in [-0.1, -0.05) is 29.8 Å². The van der Waals surface area contributed by atoms with Gasteiger partial charge in [-0.2, -0.15) is 0 Å². The second-order valence-electron chi connectivity index (χ2n) is 7.57. The average molecular weight is 334 g/mol. The fourth-order valence-electron chi connectivity index (χ4n) is 4.01. The molecule has 2 aliphatic heterocycles. The lowest BCUT2D eigenvalue weighted by Crippen LogP contribution is -2.50. The minimum absolute atomic E-state index is 0.666. The van der Waals surface area contributed by atoms with Gasteiger partial charge in [0.05, 0.1) is 0 Å². The first-order valence-corrected chi connectivity index (χ1v) is 11.2. The molecular weight excluding hydrogens is 303 g/mol. The zero-order valence-electron chi connectivity index (χ0n) is 14.9. The summed E-state index contributed by atoms with van der Waals surface area (Å²) < 4.78 is 13.3. The molecule has 0 radical (unpaired) electrons. The van der Waals surface area contributed by atoms with Crippen LogP contribution in [-0.4, -0.2) is 60.4 Å². The summed E-state index contributed by atoms with van der Waals surface area (Å²) in [6.45, 7) is 11.1. The molecule has 0 aromatic heterocycles. The van der Waals surface area contributed by atoms with Crippen LogP contribution in [0.3, 0.4) is 0 Å². The van der Waals surface area contributed by atoms with Crippen LogP contribution in [0.1, 0.15) is 32.3 Å². The molecule has 0 unspecified atom stereocenters. The molecule has 3 rings (SSSR count). The maximum atomic E-state index is 13.3. The summed E-state index contributed by atoms with van der Waals surface area (Å²) in [5.74, 6) is 0. The van der Waals surface area contributed by atoms with Crippen LogP contribution in [0.5, 0.6) is 0 Å². The maximum Gasteiger partial charge on any atom is 0.118 e. The fraction of sp³-hybridized carbons (Fsp3) is 0.684. The predicted octanol–water partition coefficient (Wildman–Crippen LogP) is 3.17. The van der Waals surface area contributed by atoms with Gasteiger partial charge in [-0.15, -0.1) is 0 Å². The van der Waals surface area contributed by atoms with Crippen LogP contribution < -0.4 is 5.30 Å². The Bertz CT molecular complexity index is 549.